The smallest absolute Gasteiger partial charge is 0.233 e. The topological polar surface area (TPSA) is 29.1 Å². The van der Waals surface area contributed by atoms with Gasteiger partial charge in [-0.3, -0.25) is 4.79 Å². The lowest BCUT2D eigenvalue weighted by atomic mass is 10.4. The fourth-order valence-corrected chi connectivity index (χ4v) is 4.45. The molecular formula is C16H18ClNOS3. The van der Waals surface area contributed by atoms with E-state index < -0.39 is 0 Å². The lowest BCUT2D eigenvalue weighted by Gasteiger charge is -2.12. The fraction of sp³-hybridized carbons (Fsp3) is 0.312. The lowest BCUT2D eigenvalue weighted by Crippen LogP contribution is -2.32. The van der Waals surface area contributed by atoms with E-state index in [0.717, 1.165) is 16.4 Å². The molecule has 1 aromatic carbocycles. The van der Waals surface area contributed by atoms with Crippen LogP contribution in [0.5, 0.6) is 0 Å². The molecule has 0 fully saturated rings. The summed E-state index contributed by atoms with van der Waals surface area (Å²) in [5, 5.41) is 5.69. The molecule has 0 aliphatic carbocycles. The van der Waals surface area contributed by atoms with Crippen molar-refractivity contribution in [1.82, 2.24) is 5.32 Å². The Bertz CT molecular complexity index is 572. The average molecular weight is 372 g/mol. The van der Waals surface area contributed by atoms with E-state index in [-0.39, 0.29) is 11.2 Å². The maximum Gasteiger partial charge on any atom is 0.233 e. The van der Waals surface area contributed by atoms with E-state index in [2.05, 4.69) is 22.8 Å². The standard InChI is InChI=1S/C16H18ClNOS3/c1-12(22-14-6-4-13(17)5-7-14)16(19)18-8-10-20-11-15-3-2-9-21-15/h2-7,9,12H,8,10-11H2,1H3,(H,18,19)/t12-/m0/s1. The first-order chi connectivity index (χ1) is 10.6. The van der Waals surface area contributed by atoms with Gasteiger partial charge in [-0.2, -0.15) is 11.8 Å². The molecule has 0 bridgehead atoms. The molecule has 0 spiro atoms. The molecule has 0 aliphatic heterocycles. The maximum atomic E-state index is 12.0. The van der Waals surface area contributed by atoms with Crippen LogP contribution in [0.2, 0.25) is 5.02 Å². The molecule has 1 aromatic heterocycles. The van der Waals surface area contributed by atoms with Gasteiger partial charge >= 0.3 is 0 Å². The second-order valence-corrected chi connectivity index (χ2v) is 8.63. The first-order valence-electron chi connectivity index (χ1n) is 6.95. The Morgan fingerprint density at radius 2 is 2.09 bits per heavy atom. The lowest BCUT2D eigenvalue weighted by molar-refractivity contribution is -0.120. The Kier molecular flexibility index (Phi) is 7.66. The van der Waals surface area contributed by atoms with Gasteiger partial charge in [-0.1, -0.05) is 17.7 Å². The number of hydrogen-bond acceptors (Lipinski definition) is 4. The van der Waals surface area contributed by atoms with Crippen molar-refractivity contribution in [1.29, 1.82) is 0 Å². The van der Waals surface area contributed by atoms with E-state index in [9.17, 15) is 4.79 Å². The van der Waals surface area contributed by atoms with Gasteiger partial charge in [0.15, 0.2) is 0 Å². The molecule has 1 heterocycles. The van der Waals surface area contributed by atoms with Gasteiger partial charge in [-0.15, -0.1) is 23.1 Å². The van der Waals surface area contributed by atoms with Crippen molar-refractivity contribution in [2.75, 3.05) is 12.3 Å². The molecule has 2 aromatic rings. The summed E-state index contributed by atoms with van der Waals surface area (Å²) in [6.07, 6.45) is 0. The highest BCUT2D eigenvalue weighted by molar-refractivity contribution is 8.00. The number of hydrogen-bond donors (Lipinski definition) is 1. The minimum Gasteiger partial charge on any atom is -0.354 e. The van der Waals surface area contributed by atoms with Crippen LogP contribution in [0.15, 0.2) is 46.7 Å². The zero-order valence-electron chi connectivity index (χ0n) is 12.3. The van der Waals surface area contributed by atoms with Crippen LogP contribution >= 0.6 is 46.5 Å². The van der Waals surface area contributed by atoms with Crippen molar-refractivity contribution in [2.24, 2.45) is 0 Å². The summed E-state index contributed by atoms with van der Waals surface area (Å²) in [6.45, 7) is 2.63. The molecule has 1 amide bonds. The van der Waals surface area contributed by atoms with E-state index in [0.29, 0.717) is 11.6 Å². The van der Waals surface area contributed by atoms with E-state index >= 15 is 0 Å². The molecule has 1 atom stereocenters. The summed E-state index contributed by atoms with van der Waals surface area (Å²) < 4.78 is 0. The minimum atomic E-state index is -0.108. The van der Waals surface area contributed by atoms with Gasteiger partial charge in [0.25, 0.3) is 0 Å². The number of carbonyl (C=O) groups is 1. The largest absolute Gasteiger partial charge is 0.354 e. The van der Waals surface area contributed by atoms with Crippen molar-refractivity contribution in [3.05, 3.63) is 51.7 Å². The van der Waals surface area contributed by atoms with Crippen molar-refractivity contribution >= 4 is 52.4 Å². The Morgan fingerprint density at radius 3 is 2.77 bits per heavy atom. The van der Waals surface area contributed by atoms with E-state index in [4.69, 9.17) is 11.6 Å². The summed E-state index contributed by atoms with van der Waals surface area (Å²) in [6, 6.07) is 11.8. The SMILES string of the molecule is C[C@H](Sc1ccc(Cl)cc1)C(=O)NCCSCc1cccs1. The van der Waals surface area contributed by atoms with Crippen LogP contribution in [0.25, 0.3) is 0 Å². The molecule has 0 unspecified atom stereocenters. The normalized spacial score (nSPS) is 12.1. The predicted molar refractivity (Wildman–Crippen MR) is 100 cm³/mol. The van der Waals surface area contributed by atoms with Crippen LogP contribution in [0.4, 0.5) is 0 Å². The summed E-state index contributed by atoms with van der Waals surface area (Å²) in [5.74, 6) is 2.03. The molecule has 6 heteroatoms. The predicted octanol–water partition coefficient (Wildman–Crippen LogP) is 4.93. The number of thioether (sulfide) groups is 2. The Balaban J connectivity index is 1.62. The molecule has 0 saturated carbocycles. The van der Waals surface area contributed by atoms with Gasteiger partial charge in [0.05, 0.1) is 5.25 Å². The van der Waals surface area contributed by atoms with Gasteiger partial charge in [-0.05, 0) is 42.6 Å². The van der Waals surface area contributed by atoms with Gasteiger partial charge in [-0.25, -0.2) is 0 Å². The summed E-state index contributed by atoms with van der Waals surface area (Å²) in [4.78, 5) is 14.5. The summed E-state index contributed by atoms with van der Waals surface area (Å²) in [5.41, 5.74) is 0. The molecule has 1 N–H and O–H groups in total. The number of nitrogens with one attached hydrogen (secondary N) is 1. The number of halogens is 1. The van der Waals surface area contributed by atoms with Crippen molar-refractivity contribution < 1.29 is 4.79 Å². The van der Waals surface area contributed by atoms with Gasteiger partial charge in [0.1, 0.15) is 0 Å². The zero-order valence-corrected chi connectivity index (χ0v) is 15.5. The van der Waals surface area contributed by atoms with Crippen LogP contribution in [0.1, 0.15) is 11.8 Å². The molecule has 22 heavy (non-hydrogen) atoms. The van der Waals surface area contributed by atoms with Gasteiger partial charge in [0, 0.05) is 32.8 Å². The number of amides is 1. The summed E-state index contributed by atoms with van der Waals surface area (Å²) in [7, 11) is 0. The first kappa shape index (κ1) is 17.7. The molecule has 2 nitrogen and oxygen atoms in total. The molecule has 0 saturated heterocycles. The minimum absolute atomic E-state index is 0.0803. The Hall–Kier alpha value is -0.620. The fourth-order valence-electron chi connectivity index (χ4n) is 1.73. The van der Waals surface area contributed by atoms with Crippen molar-refractivity contribution in [3.8, 4) is 0 Å². The van der Waals surface area contributed by atoms with E-state index in [1.807, 2.05) is 43.0 Å². The maximum absolute atomic E-state index is 12.0. The van der Waals surface area contributed by atoms with Crippen LogP contribution < -0.4 is 5.32 Å². The Morgan fingerprint density at radius 1 is 1.32 bits per heavy atom. The molecule has 0 aliphatic rings. The first-order valence-corrected chi connectivity index (χ1v) is 10.2. The Labute approximate surface area is 149 Å². The summed E-state index contributed by atoms with van der Waals surface area (Å²) >= 11 is 11.0. The van der Waals surface area contributed by atoms with Crippen LogP contribution in [-0.2, 0) is 10.5 Å². The highest BCUT2D eigenvalue weighted by atomic mass is 35.5. The highest BCUT2D eigenvalue weighted by Gasteiger charge is 2.13. The third kappa shape index (κ3) is 6.24. The number of carbonyl (C=O) groups excluding carboxylic acids is 1. The van der Waals surface area contributed by atoms with E-state index in [1.165, 1.54) is 4.88 Å². The number of benzene rings is 1. The highest BCUT2D eigenvalue weighted by Crippen LogP contribution is 2.24. The number of rotatable bonds is 8. The molecular weight excluding hydrogens is 354 g/mol. The second-order valence-electron chi connectivity index (χ2n) is 4.64. The second kappa shape index (κ2) is 9.50. The van der Waals surface area contributed by atoms with Crippen LogP contribution in [0, 0.1) is 0 Å². The molecule has 2 rings (SSSR count). The third-order valence-electron chi connectivity index (χ3n) is 2.87. The van der Waals surface area contributed by atoms with E-state index in [1.54, 1.807) is 23.1 Å². The molecule has 0 radical (unpaired) electrons. The monoisotopic (exact) mass is 371 g/mol. The van der Waals surface area contributed by atoms with Crippen molar-refractivity contribution in [3.63, 3.8) is 0 Å². The van der Waals surface area contributed by atoms with Gasteiger partial charge in [0.2, 0.25) is 5.91 Å². The van der Waals surface area contributed by atoms with Crippen molar-refractivity contribution in [2.45, 2.75) is 22.8 Å². The third-order valence-corrected chi connectivity index (χ3v) is 6.30. The van der Waals surface area contributed by atoms with Crippen LogP contribution in [-0.4, -0.2) is 23.5 Å². The molecule has 118 valence electrons. The zero-order chi connectivity index (χ0) is 15.8. The van der Waals surface area contributed by atoms with Gasteiger partial charge < -0.3 is 5.32 Å². The number of thiophene rings is 1. The average Bonchev–Trinajstić information content (AvgIpc) is 3.02. The quantitative estimate of drug-likeness (QED) is 0.526. The van der Waals surface area contributed by atoms with Crippen LogP contribution in [0.3, 0.4) is 0 Å².